The minimum atomic E-state index is 0.815. The quantitative estimate of drug-likeness (QED) is 0.773. The molecule has 0 saturated carbocycles. The first-order valence-corrected chi connectivity index (χ1v) is 7.66. The number of nitrogens with one attached hydrogen (secondary N) is 1. The maximum absolute atomic E-state index is 5.67. The van der Waals surface area contributed by atoms with Crippen molar-refractivity contribution >= 4 is 0 Å². The number of hydrazine groups is 1. The first-order chi connectivity index (χ1) is 9.78. The molecule has 0 bridgehead atoms. The van der Waals surface area contributed by atoms with Gasteiger partial charge in [-0.1, -0.05) is 25.5 Å². The van der Waals surface area contributed by atoms with Crippen molar-refractivity contribution in [1.82, 2.24) is 15.3 Å². The first kappa shape index (κ1) is 15.3. The fourth-order valence-electron chi connectivity index (χ4n) is 2.21. The van der Waals surface area contributed by atoms with Crippen molar-refractivity contribution in [2.45, 2.75) is 26.3 Å². The molecule has 4 heteroatoms. The van der Waals surface area contributed by atoms with E-state index in [1.807, 2.05) is 0 Å². The lowest BCUT2D eigenvalue weighted by Crippen LogP contribution is -2.50. The number of likely N-dealkylation sites (N-methyl/N-ethyl adjacent to an activating group) is 1. The predicted molar refractivity (Wildman–Crippen MR) is 82.8 cm³/mol. The van der Waals surface area contributed by atoms with Crippen LogP contribution in [0.15, 0.2) is 24.3 Å². The molecule has 1 aliphatic rings. The van der Waals surface area contributed by atoms with Gasteiger partial charge in [-0.15, -0.1) is 0 Å². The van der Waals surface area contributed by atoms with Gasteiger partial charge in [0, 0.05) is 32.7 Å². The van der Waals surface area contributed by atoms with Crippen LogP contribution in [0, 0.1) is 0 Å². The Morgan fingerprint density at radius 3 is 2.45 bits per heavy atom. The molecule has 4 nitrogen and oxygen atoms in total. The molecule has 1 saturated heterocycles. The van der Waals surface area contributed by atoms with Crippen molar-refractivity contribution in [1.29, 1.82) is 0 Å². The lowest BCUT2D eigenvalue weighted by atomic mass is 10.2. The van der Waals surface area contributed by atoms with Crippen molar-refractivity contribution in [2.75, 3.05) is 39.8 Å². The molecular formula is C16H27N3O. The van der Waals surface area contributed by atoms with Gasteiger partial charge in [0.15, 0.2) is 0 Å². The molecule has 1 aromatic carbocycles. The molecule has 1 N–H and O–H groups in total. The smallest absolute Gasteiger partial charge is 0.119 e. The lowest BCUT2D eigenvalue weighted by molar-refractivity contribution is 0.102. The van der Waals surface area contributed by atoms with E-state index >= 15 is 0 Å². The van der Waals surface area contributed by atoms with Gasteiger partial charge >= 0.3 is 0 Å². The summed E-state index contributed by atoms with van der Waals surface area (Å²) in [7, 11) is 2.18. The number of nitrogens with zero attached hydrogens (tertiary/aromatic N) is 2. The van der Waals surface area contributed by atoms with Gasteiger partial charge in [-0.05, 0) is 31.2 Å². The van der Waals surface area contributed by atoms with E-state index in [2.05, 4.69) is 53.6 Å². The molecule has 20 heavy (non-hydrogen) atoms. The van der Waals surface area contributed by atoms with Gasteiger partial charge in [0.2, 0.25) is 0 Å². The van der Waals surface area contributed by atoms with Crippen LogP contribution in [0.25, 0.3) is 0 Å². The molecule has 1 aromatic rings. The number of ether oxygens (including phenoxy) is 1. The Balaban J connectivity index is 1.70. The predicted octanol–water partition coefficient (Wildman–Crippen LogP) is 2.12. The summed E-state index contributed by atoms with van der Waals surface area (Å²) in [4.78, 5) is 2.36. The Bertz CT molecular complexity index is 372. The number of hydrogen-bond acceptors (Lipinski definition) is 4. The van der Waals surface area contributed by atoms with E-state index in [4.69, 9.17) is 4.74 Å². The molecule has 0 spiro atoms. The van der Waals surface area contributed by atoms with Crippen LogP contribution in [0.1, 0.15) is 25.3 Å². The number of rotatable bonds is 7. The number of hydrogen-bond donors (Lipinski definition) is 1. The van der Waals surface area contributed by atoms with Crippen LogP contribution in [-0.4, -0.2) is 49.7 Å². The van der Waals surface area contributed by atoms with Gasteiger partial charge in [-0.25, -0.2) is 5.01 Å². The van der Waals surface area contributed by atoms with E-state index in [9.17, 15) is 0 Å². The highest BCUT2D eigenvalue weighted by Crippen LogP contribution is 2.12. The average molecular weight is 277 g/mol. The number of benzene rings is 1. The standard InChI is InChI=1S/C16H27N3O/c1-3-4-13-20-16-7-5-15(6-8-16)14-17-19-11-9-18(2)10-12-19/h5-8,17H,3-4,9-14H2,1-2H3. The highest BCUT2D eigenvalue weighted by Gasteiger charge is 2.12. The number of unbranched alkanes of at least 4 members (excludes halogenated alkanes) is 1. The van der Waals surface area contributed by atoms with Crippen molar-refractivity contribution in [2.24, 2.45) is 0 Å². The third kappa shape index (κ3) is 5.12. The van der Waals surface area contributed by atoms with E-state index in [1.165, 1.54) is 12.0 Å². The molecule has 0 amide bonds. The average Bonchev–Trinajstić information content (AvgIpc) is 2.48. The van der Waals surface area contributed by atoms with Crippen molar-refractivity contribution in [3.05, 3.63) is 29.8 Å². The van der Waals surface area contributed by atoms with E-state index in [0.29, 0.717) is 0 Å². The third-order valence-corrected chi connectivity index (χ3v) is 3.70. The Hall–Kier alpha value is -1.10. The van der Waals surface area contributed by atoms with Crippen LogP contribution in [0.3, 0.4) is 0 Å². The molecule has 1 fully saturated rings. The summed E-state index contributed by atoms with van der Waals surface area (Å²) in [6, 6.07) is 8.42. The fourth-order valence-corrected chi connectivity index (χ4v) is 2.21. The van der Waals surface area contributed by atoms with Crippen LogP contribution >= 0.6 is 0 Å². The Kier molecular flexibility index (Phi) is 6.30. The minimum Gasteiger partial charge on any atom is -0.494 e. The normalized spacial score (nSPS) is 17.3. The van der Waals surface area contributed by atoms with Crippen LogP contribution in [-0.2, 0) is 6.54 Å². The summed E-state index contributed by atoms with van der Waals surface area (Å²) in [6.07, 6.45) is 2.29. The third-order valence-electron chi connectivity index (χ3n) is 3.70. The lowest BCUT2D eigenvalue weighted by Gasteiger charge is -2.32. The Morgan fingerprint density at radius 2 is 1.80 bits per heavy atom. The molecule has 2 rings (SSSR count). The molecule has 1 aliphatic heterocycles. The molecular weight excluding hydrogens is 250 g/mol. The summed E-state index contributed by atoms with van der Waals surface area (Å²) < 4.78 is 5.67. The topological polar surface area (TPSA) is 27.7 Å². The second-order valence-electron chi connectivity index (χ2n) is 5.47. The second kappa shape index (κ2) is 8.25. The first-order valence-electron chi connectivity index (χ1n) is 7.66. The van der Waals surface area contributed by atoms with Gasteiger partial charge in [-0.3, -0.25) is 5.43 Å². The molecule has 0 unspecified atom stereocenters. The Morgan fingerprint density at radius 1 is 1.10 bits per heavy atom. The molecule has 1 heterocycles. The zero-order valence-electron chi connectivity index (χ0n) is 12.8. The highest BCUT2D eigenvalue weighted by molar-refractivity contribution is 5.27. The monoisotopic (exact) mass is 277 g/mol. The molecule has 0 atom stereocenters. The van der Waals surface area contributed by atoms with Gasteiger partial charge in [0.25, 0.3) is 0 Å². The summed E-state index contributed by atoms with van der Waals surface area (Å²) in [5.41, 5.74) is 4.79. The van der Waals surface area contributed by atoms with E-state index in [0.717, 1.165) is 51.5 Å². The van der Waals surface area contributed by atoms with Crippen molar-refractivity contribution in [3.63, 3.8) is 0 Å². The largest absolute Gasteiger partial charge is 0.494 e. The SMILES string of the molecule is CCCCOc1ccc(CNN2CCN(C)CC2)cc1. The summed E-state index contributed by atoms with van der Waals surface area (Å²) in [5.74, 6) is 0.974. The van der Waals surface area contributed by atoms with Gasteiger partial charge in [-0.2, -0.15) is 0 Å². The Labute approximate surface area is 122 Å². The zero-order valence-corrected chi connectivity index (χ0v) is 12.8. The minimum absolute atomic E-state index is 0.815. The maximum Gasteiger partial charge on any atom is 0.119 e. The van der Waals surface area contributed by atoms with Crippen molar-refractivity contribution in [3.8, 4) is 5.75 Å². The van der Waals surface area contributed by atoms with Crippen LogP contribution in [0.2, 0.25) is 0 Å². The highest BCUT2D eigenvalue weighted by atomic mass is 16.5. The number of piperazine rings is 1. The van der Waals surface area contributed by atoms with Gasteiger partial charge in [0.1, 0.15) is 5.75 Å². The summed E-state index contributed by atoms with van der Waals surface area (Å²) in [5, 5.41) is 2.31. The van der Waals surface area contributed by atoms with E-state index in [-0.39, 0.29) is 0 Å². The molecule has 0 radical (unpaired) electrons. The van der Waals surface area contributed by atoms with E-state index in [1.54, 1.807) is 0 Å². The van der Waals surface area contributed by atoms with Gasteiger partial charge < -0.3 is 9.64 Å². The molecule has 0 aromatic heterocycles. The summed E-state index contributed by atoms with van der Waals surface area (Å²) >= 11 is 0. The zero-order chi connectivity index (χ0) is 14.2. The second-order valence-corrected chi connectivity index (χ2v) is 5.47. The fraction of sp³-hybridized carbons (Fsp3) is 0.625. The molecule has 112 valence electrons. The van der Waals surface area contributed by atoms with Crippen LogP contribution in [0.4, 0.5) is 0 Å². The molecule has 0 aliphatic carbocycles. The van der Waals surface area contributed by atoms with Crippen LogP contribution in [0.5, 0.6) is 5.75 Å². The van der Waals surface area contributed by atoms with E-state index < -0.39 is 0 Å². The van der Waals surface area contributed by atoms with Gasteiger partial charge in [0.05, 0.1) is 6.61 Å². The van der Waals surface area contributed by atoms with Crippen molar-refractivity contribution < 1.29 is 4.74 Å². The summed E-state index contributed by atoms with van der Waals surface area (Å²) in [6.45, 7) is 8.34. The van der Waals surface area contributed by atoms with Crippen LogP contribution < -0.4 is 10.2 Å². The maximum atomic E-state index is 5.67.